The molecule has 1 aromatic carbocycles. The van der Waals surface area contributed by atoms with Crippen LogP contribution in [0.3, 0.4) is 0 Å². The number of methoxy groups -OCH3 is 2. The van der Waals surface area contributed by atoms with Gasteiger partial charge in [-0.3, -0.25) is 4.79 Å². The molecule has 0 amide bonds. The summed E-state index contributed by atoms with van der Waals surface area (Å²) in [5, 5.41) is 9.55. The third kappa shape index (κ3) is 3.34. The first kappa shape index (κ1) is 16.1. The maximum Gasteiger partial charge on any atom is 0.307 e. The van der Waals surface area contributed by atoms with Gasteiger partial charge < -0.3 is 14.6 Å². The minimum absolute atomic E-state index is 0.0119. The summed E-state index contributed by atoms with van der Waals surface area (Å²) in [4.78, 5) is 11.6. The molecule has 4 nitrogen and oxygen atoms in total. The van der Waals surface area contributed by atoms with Crippen LogP contribution in [0.1, 0.15) is 43.6 Å². The zero-order chi connectivity index (χ0) is 15.4. The number of rotatable bonds is 4. The fourth-order valence-electron chi connectivity index (χ4n) is 3.19. The lowest BCUT2D eigenvalue weighted by molar-refractivity contribution is -0.142. The fourth-order valence-corrected chi connectivity index (χ4v) is 3.87. The molecule has 5 heteroatoms. The van der Waals surface area contributed by atoms with Crippen LogP contribution in [-0.2, 0) is 4.79 Å². The van der Waals surface area contributed by atoms with Crippen LogP contribution in [0.4, 0.5) is 0 Å². The maximum atomic E-state index is 11.6. The number of halogens is 1. The number of carboxylic acid groups (broad SMARTS) is 1. The summed E-state index contributed by atoms with van der Waals surface area (Å²) in [6.45, 7) is 0. The molecule has 0 aromatic heterocycles. The lowest BCUT2D eigenvalue weighted by atomic mass is 9.82. The zero-order valence-corrected chi connectivity index (χ0v) is 14.0. The highest BCUT2D eigenvalue weighted by molar-refractivity contribution is 9.10. The van der Waals surface area contributed by atoms with E-state index < -0.39 is 5.97 Å². The molecule has 1 aliphatic carbocycles. The summed E-state index contributed by atoms with van der Waals surface area (Å²) in [6, 6.07) is 3.81. The van der Waals surface area contributed by atoms with Gasteiger partial charge in [-0.15, -0.1) is 0 Å². The molecule has 1 aromatic rings. The standard InChI is InChI=1S/C16H21BrO4/c1-20-13-9-8-11(15(21-2)14(13)17)10-6-4-3-5-7-12(10)16(18)19/h8-10,12H,3-7H2,1-2H3,(H,18,19). The molecule has 0 aliphatic heterocycles. The summed E-state index contributed by atoms with van der Waals surface area (Å²) >= 11 is 3.50. The second-order valence-electron chi connectivity index (χ2n) is 5.39. The minimum Gasteiger partial charge on any atom is -0.495 e. The topological polar surface area (TPSA) is 55.8 Å². The SMILES string of the molecule is COc1ccc(C2CCCCCC2C(=O)O)c(OC)c1Br. The van der Waals surface area contributed by atoms with E-state index >= 15 is 0 Å². The van der Waals surface area contributed by atoms with Gasteiger partial charge in [-0.1, -0.05) is 25.3 Å². The van der Waals surface area contributed by atoms with Crippen LogP contribution in [0, 0.1) is 5.92 Å². The summed E-state index contributed by atoms with van der Waals surface area (Å²) in [6.07, 6.45) is 4.74. The van der Waals surface area contributed by atoms with E-state index in [0.717, 1.165) is 42.1 Å². The Morgan fingerprint density at radius 1 is 1.19 bits per heavy atom. The molecular formula is C16H21BrO4. The van der Waals surface area contributed by atoms with Crippen molar-refractivity contribution in [3.05, 3.63) is 22.2 Å². The molecule has 0 bridgehead atoms. The van der Waals surface area contributed by atoms with Gasteiger partial charge in [0.25, 0.3) is 0 Å². The van der Waals surface area contributed by atoms with E-state index in [-0.39, 0.29) is 11.8 Å². The van der Waals surface area contributed by atoms with E-state index in [1.807, 2.05) is 12.1 Å². The Bertz CT molecular complexity index is 515. The molecule has 0 heterocycles. The normalized spacial score (nSPS) is 22.4. The summed E-state index contributed by atoms with van der Waals surface area (Å²) in [5.74, 6) is 0.309. The van der Waals surface area contributed by atoms with Crippen molar-refractivity contribution in [2.24, 2.45) is 5.92 Å². The Kier molecular flexibility index (Phi) is 5.51. The van der Waals surface area contributed by atoms with Gasteiger partial charge in [0.05, 0.1) is 20.1 Å². The molecule has 1 aliphatic rings. The number of aliphatic carboxylic acids is 1. The molecule has 2 atom stereocenters. The third-order valence-electron chi connectivity index (χ3n) is 4.25. The zero-order valence-electron chi connectivity index (χ0n) is 12.4. The largest absolute Gasteiger partial charge is 0.495 e. The van der Waals surface area contributed by atoms with Crippen LogP contribution in [0.2, 0.25) is 0 Å². The molecule has 1 fully saturated rings. The number of ether oxygens (including phenoxy) is 2. The van der Waals surface area contributed by atoms with Crippen molar-refractivity contribution < 1.29 is 19.4 Å². The van der Waals surface area contributed by atoms with Crippen LogP contribution in [0.15, 0.2) is 16.6 Å². The van der Waals surface area contributed by atoms with Crippen LogP contribution in [0.5, 0.6) is 11.5 Å². The first-order valence-electron chi connectivity index (χ1n) is 7.23. The van der Waals surface area contributed by atoms with Gasteiger partial charge in [0.15, 0.2) is 0 Å². The Morgan fingerprint density at radius 2 is 1.90 bits per heavy atom. The summed E-state index contributed by atoms with van der Waals surface area (Å²) < 4.78 is 11.6. The molecule has 1 N–H and O–H groups in total. The highest BCUT2D eigenvalue weighted by atomic mass is 79.9. The van der Waals surface area contributed by atoms with Gasteiger partial charge in [-0.2, -0.15) is 0 Å². The highest BCUT2D eigenvalue weighted by Crippen LogP contribution is 2.45. The quantitative estimate of drug-likeness (QED) is 0.820. The van der Waals surface area contributed by atoms with Gasteiger partial charge in [0, 0.05) is 5.92 Å². The van der Waals surface area contributed by atoms with E-state index in [4.69, 9.17) is 9.47 Å². The molecule has 0 radical (unpaired) electrons. The molecule has 0 spiro atoms. The van der Waals surface area contributed by atoms with Gasteiger partial charge in [-0.25, -0.2) is 0 Å². The summed E-state index contributed by atoms with van der Waals surface area (Å²) in [7, 11) is 3.21. The van der Waals surface area contributed by atoms with Gasteiger partial charge in [0.1, 0.15) is 16.0 Å². The first-order valence-corrected chi connectivity index (χ1v) is 8.02. The van der Waals surface area contributed by atoms with E-state index in [0.29, 0.717) is 11.5 Å². The lowest BCUT2D eigenvalue weighted by Gasteiger charge is -2.25. The average Bonchev–Trinajstić information content (AvgIpc) is 2.72. The number of hydrogen-bond acceptors (Lipinski definition) is 3. The van der Waals surface area contributed by atoms with Gasteiger partial charge in [-0.05, 0) is 40.4 Å². The maximum absolute atomic E-state index is 11.6. The van der Waals surface area contributed by atoms with Crippen molar-refractivity contribution in [1.82, 2.24) is 0 Å². The second kappa shape index (κ2) is 7.16. The molecule has 21 heavy (non-hydrogen) atoms. The van der Waals surface area contributed by atoms with Crippen molar-refractivity contribution >= 4 is 21.9 Å². The Hall–Kier alpha value is -1.23. The number of carbonyl (C=O) groups is 1. The minimum atomic E-state index is -0.712. The predicted molar refractivity (Wildman–Crippen MR) is 84.2 cm³/mol. The third-order valence-corrected chi connectivity index (χ3v) is 5.00. The Morgan fingerprint density at radius 3 is 2.52 bits per heavy atom. The lowest BCUT2D eigenvalue weighted by Crippen LogP contribution is -2.21. The molecule has 2 unspecified atom stereocenters. The smallest absolute Gasteiger partial charge is 0.307 e. The van der Waals surface area contributed by atoms with E-state index in [2.05, 4.69) is 15.9 Å². The molecular weight excluding hydrogens is 336 g/mol. The van der Waals surface area contributed by atoms with E-state index in [1.165, 1.54) is 0 Å². The second-order valence-corrected chi connectivity index (χ2v) is 6.19. The monoisotopic (exact) mass is 356 g/mol. The van der Waals surface area contributed by atoms with Gasteiger partial charge >= 0.3 is 5.97 Å². The van der Waals surface area contributed by atoms with Crippen molar-refractivity contribution in [1.29, 1.82) is 0 Å². The van der Waals surface area contributed by atoms with E-state index in [1.54, 1.807) is 14.2 Å². The fraction of sp³-hybridized carbons (Fsp3) is 0.562. The Balaban J connectivity index is 2.46. The van der Waals surface area contributed by atoms with Crippen molar-refractivity contribution in [2.45, 2.75) is 38.0 Å². The first-order chi connectivity index (χ1) is 10.1. The molecule has 1 saturated carbocycles. The van der Waals surface area contributed by atoms with Crippen LogP contribution < -0.4 is 9.47 Å². The Labute approximate surface area is 133 Å². The van der Waals surface area contributed by atoms with Crippen LogP contribution >= 0.6 is 15.9 Å². The van der Waals surface area contributed by atoms with Crippen LogP contribution in [0.25, 0.3) is 0 Å². The van der Waals surface area contributed by atoms with Gasteiger partial charge in [0.2, 0.25) is 0 Å². The van der Waals surface area contributed by atoms with E-state index in [9.17, 15) is 9.90 Å². The predicted octanol–water partition coefficient (Wildman–Crippen LogP) is 4.21. The number of benzene rings is 1. The molecule has 0 saturated heterocycles. The molecule has 2 rings (SSSR count). The highest BCUT2D eigenvalue weighted by Gasteiger charge is 2.33. The number of hydrogen-bond donors (Lipinski definition) is 1. The summed E-state index contributed by atoms with van der Waals surface area (Å²) in [5.41, 5.74) is 0.958. The van der Waals surface area contributed by atoms with Crippen LogP contribution in [-0.4, -0.2) is 25.3 Å². The molecule has 116 valence electrons. The number of carboxylic acids is 1. The van der Waals surface area contributed by atoms with Crippen molar-refractivity contribution in [3.63, 3.8) is 0 Å². The average molecular weight is 357 g/mol. The van der Waals surface area contributed by atoms with Crippen molar-refractivity contribution in [3.8, 4) is 11.5 Å². The van der Waals surface area contributed by atoms with Crippen molar-refractivity contribution in [2.75, 3.05) is 14.2 Å².